The Morgan fingerprint density at radius 2 is 2.00 bits per heavy atom. The molecule has 0 aliphatic carbocycles. The zero-order chi connectivity index (χ0) is 13.7. The van der Waals surface area contributed by atoms with Gasteiger partial charge in [-0.1, -0.05) is 40.2 Å². The number of halogens is 1. The SMILES string of the molecule is CNC(=O)c1ccccc1OCc1cccc(Br)c1. The predicted octanol–water partition coefficient (Wildman–Crippen LogP) is 3.39. The van der Waals surface area contributed by atoms with Crippen molar-refractivity contribution in [2.75, 3.05) is 7.05 Å². The van der Waals surface area contributed by atoms with Crippen LogP contribution in [0.4, 0.5) is 0 Å². The van der Waals surface area contributed by atoms with Gasteiger partial charge in [0.05, 0.1) is 5.56 Å². The van der Waals surface area contributed by atoms with Crippen LogP contribution in [0.25, 0.3) is 0 Å². The van der Waals surface area contributed by atoms with E-state index in [0.717, 1.165) is 10.0 Å². The molecule has 0 heterocycles. The highest BCUT2D eigenvalue weighted by molar-refractivity contribution is 9.10. The van der Waals surface area contributed by atoms with Crippen molar-refractivity contribution in [3.8, 4) is 5.75 Å². The molecule has 0 fully saturated rings. The maximum Gasteiger partial charge on any atom is 0.254 e. The molecule has 2 rings (SSSR count). The van der Waals surface area contributed by atoms with Gasteiger partial charge in [-0.2, -0.15) is 0 Å². The van der Waals surface area contributed by atoms with Crippen LogP contribution in [-0.4, -0.2) is 13.0 Å². The summed E-state index contributed by atoms with van der Waals surface area (Å²) in [5, 5.41) is 2.60. The molecule has 2 aromatic rings. The topological polar surface area (TPSA) is 38.3 Å². The molecule has 0 unspecified atom stereocenters. The van der Waals surface area contributed by atoms with E-state index in [9.17, 15) is 4.79 Å². The van der Waals surface area contributed by atoms with Crippen molar-refractivity contribution >= 4 is 21.8 Å². The van der Waals surface area contributed by atoms with Crippen molar-refractivity contribution in [1.82, 2.24) is 5.32 Å². The van der Waals surface area contributed by atoms with Crippen molar-refractivity contribution in [2.45, 2.75) is 6.61 Å². The van der Waals surface area contributed by atoms with E-state index in [4.69, 9.17) is 4.74 Å². The zero-order valence-electron chi connectivity index (χ0n) is 10.5. The Balaban J connectivity index is 2.13. The number of carbonyl (C=O) groups excluding carboxylic acids is 1. The highest BCUT2D eigenvalue weighted by Crippen LogP contribution is 2.20. The standard InChI is InChI=1S/C15H14BrNO2/c1-17-15(18)13-7-2-3-8-14(13)19-10-11-5-4-6-12(16)9-11/h2-9H,10H2,1H3,(H,17,18). The van der Waals surface area contributed by atoms with Crippen LogP contribution < -0.4 is 10.1 Å². The minimum atomic E-state index is -0.148. The first kappa shape index (κ1) is 13.6. The van der Waals surface area contributed by atoms with Gasteiger partial charge in [-0.25, -0.2) is 0 Å². The smallest absolute Gasteiger partial charge is 0.254 e. The Hall–Kier alpha value is -1.81. The number of hydrogen-bond donors (Lipinski definition) is 1. The zero-order valence-corrected chi connectivity index (χ0v) is 12.1. The van der Waals surface area contributed by atoms with Gasteiger partial charge in [-0.3, -0.25) is 4.79 Å². The minimum Gasteiger partial charge on any atom is -0.488 e. The predicted molar refractivity (Wildman–Crippen MR) is 78.3 cm³/mol. The lowest BCUT2D eigenvalue weighted by atomic mass is 10.2. The number of nitrogens with one attached hydrogen (secondary N) is 1. The lowest BCUT2D eigenvalue weighted by Gasteiger charge is -2.10. The van der Waals surface area contributed by atoms with E-state index < -0.39 is 0 Å². The molecule has 0 aliphatic heterocycles. The first-order valence-electron chi connectivity index (χ1n) is 5.89. The highest BCUT2D eigenvalue weighted by Gasteiger charge is 2.10. The second-order valence-corrected chi connectivity index (χ2v) is 4.91. The second kappa shape index (κ2) is 6.38. The fraction of sp³-hybridized carbons (Fsp3) is 0.133. The fourth-order valence-corrected chi connectivity index (χ4v) is 2.15. The summed E-state index contributed by atoms with van der Waals surface area (Å²) < 4.78 is 6.73. The van der Waals surface area contributed by atoms with Gasteiger partial charge in [0.2, 0.25) is 0 Å². The number of ether oxygens (including phenoxy) is 1. The van der Waals surface area contributed by atoms with Crippen LogP contribution >= 0.6 is 15.9 Å². The molecule has 2 aromatic carbocycles. The van der Waals surface area contributed by atoms with Crippen LogP contribution in [0.3, 0.4) is 0 Å². The summed E-state index contributed by atoms with van der Waals surface area (Å²) in [6.45, 7) is 0.424. The molecule has 0 spiro atoms. The summed E-state index contributed by atoms with van der Waals surface area (Å²) in [7, 11) is 1.60. The molecule has 1 amide bonds. The number of carbonyl (C=O) groups is 1. The summed E-state index contributed by atoms with van der Waals surface area (Å²) in [5.41, 5.74) is 1.58. The molecule has 0 aromatic heterocycles. The monoisotopic (exact) mass is 319 g/mol. The van der Waals surface area contributed by atoms with Gasteiger partial charge in [-0.05, 0) is 29.8 Å². The molecule has 98 valence electrons. The first-order chi connectivity index (χ1) is 9.20. The third kappa shape index (κ3) is 3.58. The number of benzene rings is 2. The molecule has 0 radical (unpaired) electrons. The molecular weight excluding hydrogens is 306 g/mol. The molecule has 0 saturated heterocycles. The average Bonchev–Trinajstić information content (AvgIpc) is 2.45. The summed E-state index contributed by atoms with van der Waals surface area (Å²) in [5.74, 6) is 0.437. The normalized spacial score (nSPS) is 10.0. The second-order valence-electron chi connectivity index (χ2n) is 3.99. The van der Waals surface area contributed by atoms with Crippen molar-refractivity contribution < 1.29 is 9.53 Å². The van der Waals surface area contributed by atoms with Crippen molar-refractivity contribution in [3.05, 3.63) is 64.1 Å². The molecule has 0 saturated carbocycles. The maximum atomic E-state index is 11.7. The molecule has 0 bridgehead atoms. The Bertz CT molecular complexity index is 584. The van der Waals surface area contributed by atoms with Crippen molar-refractivity contribution in [1.29, 1.82) is 0 Å². The van der Waals surface area contributed by atoms with E-state index in [2.05, 4.69) is 21.2 Å². The van der Waals surface area contributed by atoms with Crippen molar-refractivity contribution in [2.24, 2.45) is 0 Å². The third-order valence-electron chi connectivity index (χ3n) is 2.64. The van der Waals surface area contributed by atoms with Gasteiger partial charge in [0.25, 0.3) is 5.91 Å². The summed E-state index contributed by atoms with van der Waals surface area (Å²) in [6.07, 6.45) is 0. The number of amides is 1. The van der Waals surface area contributed by atoms with Crippen molar-refractivity contribution in [3.63, 3.8) is 0 Å². The van der Waals surface area contributed by atoms with E-state index in [1.165, 1.54) is 0 Å². The highest BCUT2D eigenvalue weighted by atomic mass is 79.9. The van der Waals surface area contributed by atoms with E-state index in [-0.39, 0.29) is 5.91 Å². The first-order valence-corrected chi connectivity index (χ1v) is 6.68. The Morgan fingerprint density at radius 1 is 1.21 bits per heavy atom. The van der Waals surface area contributed by atoms with Gasteiger partial charge in [0.1, 0.15) is 12.4 Å². The lowest BCUT2D eigenvalue weighted by molar-refractivity contribution is 0.0958. The molecule has 19 heavy (non-hydrogen) atoms. The van der Waals surface area contributed by atoms with Crippen LogP contribution in [0.5, 0.6) is 5.75 Å². The average molecular weight is 320 g/mol. The molecular formula is C15H14BrNO2. The summed E-state index contributed by atoms with van der Waals surface area (Å²) >= 11 is 3.42. The summed E-state index contributed by atoms with van der Waals surface area (Å²) in [6, 6.07) is 15.1. The molecule has 0 aliphatic rings. The number of rotatable bonds is 4. The Kier molecular flexibility index (Phi) is 4.58. The van der Waals surface area contributed by atoms with Crippen LogP contribution in [0, 0.1) is 0 Å². The largest absolute Gasteiger partial charge is 0.488 e. The van der Waals surface area contributed by atoms with Crippen LogP contribution in [-0.2, 0) is 6.61 Å². The van der Waals surface area contributed by atoms with E-state index >= 15 is 0 Å². The van der Waals surface area contributed by atoms with Gasteiger partial charge in [-0.15, -0.1) is 0 Å². The number of hydrogen-bond acceptors (Lipinski definition) is 2. The maximum absolute atomic E-state index is 11.7. The van der Waals surface area contributed by atoms with Gasteiger partial charge < -0.3 is 10.1 Å². The van der Waals surface area contributed by atoms with E-state index in [1.54, 1.807) is 19.2 Å². The molecule has 3 nitrogen and oxygen atoms in total. The third-order valence-corrected chi connectivity index (χ3v) is 3.14. The van der Waals surface area contributed by atoms with Gasteiger partial charge >= 0.3 is 0 Å². The quantitative estimate of drug-likeness (QED) is 0.938. The molecule has 4 heteroatoms. The van der Waals surface area contributed by atoms with Crippen LogP contribution in [0.1, 0.15) is 15.9 Å². The lowest BCUT2D eigenvalue weighted by Crippen LogP contribution is -2.18. The van der Waals surface area contributed by atoms with Crippen LogP contribution in [0.2, 0.25) is 0 Å². The fourth-order valence-electron chi connectivity index (χ4n) is 1.70. The van der Waals surface area contributed by atoms with Gasteiger partial charge in [0.15, 0.2) is 0 Å². The Labute approximate surface area is 120 Å². The minimum absolute atomic E-state index is 0.148. The van der Waals surface area contributed by atoms with Gasteiger partial charge in [0, 0.05) is 11.5 Å². The van der Waals surface area contributed by atoms with Crippen LogP contribution in [0.15, 0.2) is 53.0 Å². The number of para-hydroxylation sites is 1. The van der Waals surface area contributed by atoms with E-state index in [0.29, 0.717) is 17.9 Å². The molecule has 1 N–H and O–H groups in total. The van der Waals surface area contributed by atoms with E-state index in [1.807, 2.05) is 36.4 Å². The Morgan fingerprint density at radius 3 is 2.74 bits per heavy atom. The summed E-state index contributed by atoms with van der Waals surface area (Å²) in [4.78, 5) is 11.7. The molecule has 0 atom stereocenters.